The molecule has 0 saturated carbocycles. The summed E-state index contributed by atoms with van der Waals surface area (Å²) in [5, 5.41) is 0. The Bertz CT molecular complexity index is 635. The van der Waals surface area contributed by atoms with Gasteiger partial charge in [-0.1, -0.05) is 39.7 Å². The van der Waals surface area contributed by atoms with Crippen molar-refractivity contribution >= 4 is 27.3 Å². The van der Waals surface area contributed by atoms with Crippen molar-refractivity contribution in [3.05, 3.63) is 57.6 Å². The second kappa shape index (κ2) is 6.63. The molecular weight excluding hydrogens is 324 g/mol. The Morgan fingerprint density at radius 2 is 1.86 bits per heavy atom. The van der Waals surface area contributed by atoms with Gasteiger partial charge >= 0.3 is 0 Å². The van der Waals surface area contributed by atoms with Gasteiger partial charge in [-0.15, -0.1) is 0 Å². The third-order valence-electron chi connectivity index (χ3n) is 3.68. The molecule has 0 aliphatic heterocycles. The molecule has 2 rings (SSSR count). The molecule has 0 aromatic heterocycles. The van der Waals surface area contributed by atoms with E-state index in [4.69, 9.17) is 5.73 Å². The van der Waals surface area contributed by atoms with E-state index in [0.29, 0.717) is 0 Å². The first-order chi connectivity index (χ1) is 9.88. The molecule has 112 valence electrons. The Balaban J connectivity index is 2.31. The van der Waals surface area contributed by atoms with Gasteiger partial charge in [0.1, 0.15) is 0 Å². The Morgan fingerprint density at radius 3 is 2.43 bits per heavy atom. The maximum absolute atomic E-state index is 5.88. The molecule has 1 unspecified atom stereocenters. The predicted octanol–water partition coefficient (Wildman–Crippen LogP) is 4.72. The average Bonchev–Trinajstić information content (AvgIpc) is 2.40. The third-order valence-corrected chi connectivity index (χ3v) is 4.42. The maximum Gasteiger partial charge on any atom is 0.0437 e. The fourth-order valence-electron chi connectivity index (χ4n) is 2.58. The summed E-state index contributed by atoms with van der Waals surface area (Å²) in [7, 11) is 2.10. The first-order valence-corrected chi connectivity index (χ1v) is 8.02. The van der Waals surface area contributed by atoms with E-state index in [-0.39, 0.29) is 6.04 Å². The number of anilines is 2. The highest BCUT2D eigenvalue weighted by molar-refractivity contribution is 9.10. The minimum Gasteiger partial charge on any atom is -0.344 e. The quantitative estimate of drug-likeness (QED) is 0.867. The second-order valence-corrected chi connectivity index (χ2v) is 6.66. The van der Waals surface area contributed by atoms with Crippen LogP contribution < -0.4 is 10.6 Å². The molecule has 0 bridgehead atoms. The molecule has 0 saturated heterocycles. The van der Waals surface area contributed by atoms with E-state index in [1.165, 1.54) is 28.1 Å². The van der Waals surface area contributed by atoms with Crippen LogP contribution in [-0.4, -0.2) is 13.1 Å². The van der Waals surface area contributed by atoms with Crippen molar-refractivity contribution in [3.8, 4) is 0 Å². The van der Waals surface area contributed by atoms with Crippen molar-refractivity contribution in [2.75, 3.05) is 11.9 Å². The Hall–Kier alpha value is -1.32. The van der Waals surface area contributed by atoms with Crippen LogP contribution in [0.25, 0.3) is 0 Å². The van der Waals surface area contributed by atoms with Gasteiger partial charge in [0.25, 0.3) is 0 Å². The van der Waals surface area contributed by atoms with Crippen LogP contribution in [0.1, 0.15) is 23.6 Å². The van der Waals surface area contributed by atoms with Gasteiger partial charge in [-0.3, -0.25) is 0 Å². The zero-order chi connectivity index (χ0) is 15.6. The van der Waals surface area contributed by atoms with E-state index < -0.39 is 0 Å². The fourth-order valence-corrected chi connectivity index (χ4v) is 3.11. The number of nitrogens with zero attached hydrogens (tertiary/aromatic N) is 1. The highest BCUT2D eigenvalue weighted by atomic mass is 79.9. The lowest BCUT2D eigenvalue weighted by molar-refractivity contribution is 0.736. The first-order valence-electron chi connectivity index (χ1n) is 7.23. The monoisotopic (exact) mass is 346 g/mol. The predicted molar refractivity (Wildman–Crippen MR) is 95.5 cm³/mol. The molecule has 0 aliphatic rings. The number of aryl methyl sites for hydroxylation is 2. The van der Waals surface area contributed by atoms with Crippen molar-refractivity contribution in [2.24, 2.45) is 5.73 Å². The summed E-state index contributed by atoms with van der Waals surface area (Å²) < 4.78 is 1.12. The van der Waals surface area contributed by atoms with E-state index >= 15 is 0 Å². The van der Waals surface area contributed by atoms with Gasteiger partial charge < -0.3 is 10.6 Å². The highest BCUT2D eigenvalue weighted by Gasteiger charge is 2.10. The standard InChI is InChI=1S/C18H23BrN2/c1-12-5-8-18(13(2)9-12)21(4)16-7-6-15(10-14(3)20)17(19)11-16/h5-9,11,14H,10,20H2,1-4H3. The van der Waals surface area contributed by atoms with E-state index in [2.05, 4.69) is 78.1 Å². The van der Waals surface area contributed by atoms with Crippen molar-refractivity contribution in [2.45, 2.75) is 33.2 Å². The van der Waals surface area contributed by atoms with E-state index in [1.54, 1.807) is 0 Å². The minimum absolute atomic E-state index is 0.171. The van der Waals surface area contributed by atoms with Gasteiger partial charge in [0, 0.05) is 28.9 Å². The van der Waals surface area contributed by atoms with Crippen LogP contribution in [0.5, 0.6) is 0 Å². The van der Waals surface area contributed by atoms with Crippen molar-refractivity contribution in [3.63, 3.8) is 0 Å². The van der Waals surface area contributed by atoms with Crippen LogP contribution >= 0.6 is 15.9 Å². The number of hydrogen-bond acceptors (Lipinski definition) is 2. The van der Waals surface area contributed by atoms with Gasteiger partial charge in [0.2, 0.25) is 0 Å². The minimum atomic E-state index is 0.171. The Labute approximate surface area is 136 Å². The van der Waals surface area contributed by atoms with Crippen LogP contribution in [0.3, 0.4) is 0 Å². The SMILES string of the molecule is Cc1ccc(N(C)c2ccc(CC(C)N)c(Br)c2)c(C)c1. The topological polar surface area (TPSA) is 29.3 Å². The Morgan fingerprint density at radius 1 is 1.14 bits per heavy atom. The zero-order valence-electron chi connectivity index (χ0n) is 13.2. The molecule has 0 spiro atoms. The summed E-state index contributed by atoms with van der Waals surface area (Å²) >= 11 is 3.66. The van der Waals surface area contributed by atoms with Crippen molar-refractivity contribution in [1.82, 2.24) is 0 Å². The van der Waals surface area contributed by atoms with E-state index in [0.717, 1.165) is 10.9 Å². The molecule has 2 aromatic rings. The number of benzene rings is 2. The summed E-state index contributed by atoms with van der Waals surface area (Å²) in [5.74, 6) is 0. The number of hydrogen-bond donors (Lipinski definition) is 1. The summed E-state index contributed by atoms with van der Waals surface area (Å²) in [5.41, 5.74) is 12.1. The number of nitrogens with two attached hydrogens (primary N) is 1. The maximum atomic E-state index is 5.88. The molecule has 21 heavy (non-hydrogen) atoms. The highest BCUT2D eigenvalue weighted by Crippen LogP contribution is 2.31. The molecule has 3 heteroatoms. The molecule has 2 aromatic carbocycles. The molecule has 0 radical (unpaired) electrons. The molecule has 0 fully saturated rings. The van der Waals surface area contributed by atoms with E-state index in [9.17, 15) is 0 Å². The van der Waals surface area contributed by atoms with Gasteiger partial charge in [0.15, 0.2) is 0 Å². The lowest BCUT2D eigenvalue weighted by Crippen LogP contribution is -2.18. The van der Waals surface area contributed by atoms with Crippen LogP contribution in [0.4, 0.5) is 11.4 Å². The largest absolute Gasteiger partial charge is 0.344 e. The molecule has 0 aliphatic carbocycles. The summed E-state index contributed by atoms with van der Waals surface area (Å²) in [4.78, 5) is 2.22. The lowest BCUT2D eigenvalue weighted by Gasteiger charge is -2.23. The van der Waals surface area contributed by atoms with Crippen molar-refractivity contribution in [1.29, 1.82) is 0 Å². The average molecular weight is 347 g/mol. The Kier molecular flexibility index (Phi) is 5.07. The van der Waals surface area contributed by atoms with Gasteiger partial charge in [0.05, 0.1) is 0 Å². The van der Waals surface area contributed by atoms with Crippen LogP contribution in [0.15, 0.2) is 40.9 Å². The molecule has 2 nitrogen and oxygen atoms in total. The lowest BCUT2D eigenvalue weighted by atomic mass is 10.1. The van der Waals surface area contributed by atoms with Gasteiger partial charge in [-0.05, 0) is 56.5 Å². The van der Waals surface area contributed by atoms with E-state index in [1.807, 2.05) is 6.92 Å². The van der Waals surface area contributed by atoms with Crippen molar-refractivity contribution < 1.29 is 0 Å². The summed E-state index contributed by atoms with van der Waals surface area (Å²) in [6.45, 7) is 6.30. The smallest absolute Gasteiger partial charge is 0.0437 e. The van der Waals surface area contributed by atoms with Gasteiger partial charge in [-0.2, -0.15) is 0 Å². The zero-order valence-corrected chi connectivity index (χ0v) is 14.7. The molecule has 0 heterocycles. The first kappa shape index (κ1) is 16.1. The molecule has 1 atom stereocenters. The second-order valence-electron chi connectivity index (χ2n) is 5.81. The van der Waals surface area contributed by atoms with Crippen LogP contribution in [0.2, 0.25) is 0 Å². The number of rotatable bonds is 4. The third kappa shape index (κ3) is 3.86. The van der Waals surface area contributed by atoms with Gasteiger partial charge in [-0.25, -0.2) is 0 Å². The fraction of sp³-hybridized carbons (Fsp3) is 0.333. The number of halogens is 1. The van der Waals surface area contributed by atoms with Crippen LogP contribution in [-0.2, 0) is 6.42 Å². The molecule has 0 amide bonds. The molecular formula is C18H23BrN2. The van der Waals surface area contributed by atoms with Crippen LogP contribution in [0, 0.1) is 13.8 Å². The summed E-state index contributed by atoms with van der Waals surface area (Å²) in [6, 6.07) is 13.2. The normalized spacial score (nSPS) is 12.3. The molecule has 2 N–H and O–H groups in total. The summed E-state index contributed by atoms with van der Waals surface area (Å²) in [6.07, 6.45) is 0.883.